The number of alkyl halides is 3. The number of anilines is 1. The van der Waals surface area contributed by atoms with Gasteiger partial charge in [-0.1, -0.05) is 0 Å². The Hall–Kier alpha value is -2.42. The number of nitrogens with two attached hydrogens (primary N) is 1. The van der Waals surface area contributed by atoms with Crippen LogP contribution in [0.4, 0.5) is 23.4 Å². The molecule has 1 fully saturated rings. The van der Waals surface area contributed by atoms with E-state index in [1.54, 1.807) is 19.2 Å². The van der Waals surface area contributed by atoms with Crippen LogP contribution in [-0.2, 0) is 11.8 Å². The molecule has 1 aliphatic rings. The highest BCUT2D eigenvalue weighted by molar-refractivity contribution is 5.97. The van der Waals surface area contributed by atoms with Crippen molar-refractivity contribution in [2.24, 2.45) is 24.1 Å². The molecule has 1 aromatic heterocycles. The summed E-state index contributed by atoms with van der Waals surface area (Å²) in [5.41, 5.74) is 5.04. The van der Waals surface area contributed by atoms with E-state index in [-0.39, 0.29) is 18.8 Å². The second-order valence-electron chi connectivity index (χ2n) is 6.16. The predicted octanol–water partition coefficient (Wildman–Crippen LogP) is 2.69. The number of halogens is 4. The zero-order chi connectivity index (χ0) is 18.4. The maximum absolute atomic E-state index is 13.0. The molecule has 0 spiro atoms. The SMILES string of the molecule is Cn1nc(NC(=O)[C@@]2(CN)C[C@@H]2C(F)(F)F)cc1-c1ccc(F)cc1. The third-order valence-electron chi connectivity index (χ3n) is 4.55. The number of nitrogens with one attached hydrogen (secondary N) is 1. The molecule has 0 bridgehead atoms. The molecule has 0 aliphatic heterocycles. The van der Waals surface area contributed by atoms with Crippen molar-refractivity contribution in [2.45, 2.75) is 12.6 Å². The molecule has 0 unspecified atom stereocenters. The lowest BCUT2D eigenvalue weighted by molar-refractivity contribution is -0.159. The first-order chi connectivity index (χ1) is 11.7. The molecule has 0 radical (unpaired) electrons. The van der Waals surface area contributed by atoms with Crippen LogP contribution in [0, 0.1) is 17.2 Å². The number of amides is 1. The molecule has 3 N–H and O–H groups in total. The van der Waals surface area contributed by atoms with Gasteiger partial charge in [-0.15, -0.1) is 0 Å². The van der Waals surface area contributed by atoms with Gasteiger partial charge in [-0.25, -0.2) is 4.39 Å². The van der Waals surface area contributed by atoms with Gasteiger partial charge in [0, 0.05) is 25.2 Å². The molecule has 1 aliphatic carbocycles. The summed E-state index contributed by atoms with van der Waals surface area (Å²) in [6.45, 7) is -0.388. The fourth-order valence-corrected chi connectivity index (χ4v) is 2.96. The highest BCUT2D eigenvalue weighted by Crippen LogP contribution is 2.60. The maximum atomic E-state index is 13.0. The average Bonchev–Trinajstić information content (AvgIpc) is 3.21. The molecule has 2 atom stereocenters. The van der Waals surface area contributed by atoms with E-state index in [0.29, 0.717) is 11.3 Å². The Balaban J connectivity index is 1.79. The van der Waals surface area contributed by atoms with Crippen molar-refractivity contribution in [1.82, 2.24) is 9.78 Å². The molecular formula is C16H16F4N4O. The summed E-state index contributed by atoms with van der Waals surface area (Å²) < 4.78 is 53.0. The number of rotatable bonds is 4. The first-order valence-corrected chi connectivity index (χ1v) is 7.55. The minimum absolute atomic E-state index is 0.118. The molecule has 3 rings (SSSR count). The monoisotopic (exact) mass is 356 g/mol. The van der Waals surface area contributed by atoms with E-state index >= 15 is 0 Å². The fraction of sp³-hybridized carbons (Fsp3) is 0.375. The normalized spacial score (nSPS) is 22.7. The van der Waals surface area contributed by atoms with E-state index in [1.165, 1.54) is 22.9 Å². The summed E-state index contributed by atoms with van der Waals surface area (Å²) >= 11 is 0. The second-order valence-corrected chi connectivity index (χ2v) is 6.16. The van der Waals surface area contributed by atoms with Gasteiger partial charge in [0.15, 0.2) is 5.82 Å². The number of carbonyl (C=O) groups is 1. The standard InChI is InChI=1S/C16H16F4N4O/c1-24-11(9-2-4-10(17)5-3-9)6-13(23-24)22-14(25)15(8-21)7-12(15)16(18,19)20/h2-6,12H,7-8,21H2,1H3,(H,22,23,25)/t12-,15+/m0/s1. The van der Waals surface area contributed by atoms with Crippen LogP contribution in [0.25, 0.3) is 11.3 Å². The number of hydrogen-bond donors (Lipinski definition) is 2. The average molecular weight is 356 g/mol. The number of carbonyl (C=O) groups excluding carboxylic acids is 1. The maximum Gasteiger partial charge on any atom is 0.392 e. The lowest BCUT2D eigenvalue weighted by Gasteiger charge is -2.15. The summed E-state index contributed by atoms with van der Waals surface area (Å²) in [5.74, 6) is -2.80. The van der Waals surface area contributed by atoms with Crippen molar-refractivity contribution in [2.75, 3.05) is 11.9 Å². The Morgan fingerprint density at radius 3 is 2.56 bits per heavy atom. The summed E-state index contributed by atoms with van der Waals surface area (Å²) in [4.78, 5) is 12.3. The van der Waals surface area contributed by atoms with Gasteiger partial charge in [-0.2, -0.15) is 18.3 Å². The summed E-state index contributed by atoms with van der Waals surface area (Å²) in [7, 11) is 1.61. The van der Waals surface area contributed by atoms with E-state index in [2.05, 4.69) is 10.4 Å². The van der Waals surface area contributed by atoms with E-state index in [4.69, 9.17) is 5.73 Å². The van der Waals surface area contributed by atoms with E-state index < -0.39 is 29.2 Å². The van der Waals surface area contributed by atoms with Gasteiger partial charge in [0.1, 0.15) is 5.82 Å². The van der Waals surface area contributed by atoms with Crippen LogP contribution < -0.4 is 11.1 Å². The molecular weight excluding hydrogens is 340 g/mol. The first-order valence-electron chi connectivity index (χ1n) is 7.55. The van der Waals surface area contributed by atoms with Crippen molar-refractivity contribution < 1.29 is 22.4 Å². The van der Waals surface area contributed by atoms with Crippen molar-refractivity contribution in [1.29, 1.82) is 0 Å². The van der Waals surface area contributed by atoms with Crippen LogP contribution in [0.2, 0.25) is 0 Å². The molecule has 2 aromatic rings. The number of benzene rings is 1. The van der Waals surface area contributed by atoms with Gasteiger partial charge in [-0.3, -0.25) is 9.48 Å². The topological polar surface area (TPSA) is 72.9 Å². The van der Waals surface area contributed by atoms with Gasteiger partial charge < -0.3 is 11.1 Å². The minimum Gasteiger partial charge on any atom is -0.329 e. The minimum atomic E-state index is -4.46. The number of hydrogen-bond acceptors (Lipinski definition) is 3. The predicted molar refractivity (Wildman–Crippen MR) is 82.9 cm³/mol. The summed E-state index contributed by atoms with van der Waals surface area (Å²) in [6, 6.07) is 7.16. The zero-order valence-corrected chi connectivity index (χ0v) is 13.3. The van der Waals surface area contributed by atoms with Crippen LogP contribution in [0.5, 0.6) is 0 Å². The quantitative estimate of drug-likeness (QED) is 0.828. The Morgan fingerprint density at radius 2 is 2.04 bits per heavy atom. The first kappa shape index (κ1) is 17.4. The lowest BCUT2D eigenvalue weighted by atomic mass is 10.0. The van der Waals surface area contributed by atoms with Crippen LogP contribution in [-0.4, -0.2) is 28.4 Å². The highest BCUT2D eigenvalue weighted by Gasteiger charge is 2.70. The third kappa shape index (κ3) is 3.11. The molecule has 1 saturated carbocycles. The van der Waals surface area contributed by atoms with Crippen LogP contribution >= 0.6 is 0 Å². The van der Waals surface area contributed by atoms with Crippen molar-refractivity contribution in [3.63, 3.8) is 0 Å². The van der Waals surface area contributed by atoms with Crippen molar-refractivity contribution >= 4 is 11.7 Å². The third-order valence-corrected chi connectivity index (χ3v) is 4.55. The van der Waals surface area contributed by atoms with Crippen molar-refractivity contribution in [3.05, 3.63) is 36.1 Å². The second kappa shape index (κ2) is 5.83. The van der Waals surface area contributed by atoms with Gasteiger partial charge in [0.05, 0.1) is 17.0 Å². The smallest absolute Gasteiger partial charge is 0.329 e. The van der Waals surface area contributed by atoms with Gasteiger partial charge >= 0.3 is 6.18 Å². The fourth-order valence-electron chi connectivity index (χ4n) is 2.96. The van der Waals surface area contributed by atoms with Crippen LogP contribution in [0.3, 0.4) is 0 Å². The highest BCUT2D eigenvalue weighted by atomic mass is 19.4. The van der Waals surface area contributed by atoms with Gasteiger partial charge in [-0.05, 0) is 30.7 Å². The van der Waals surface area contributed by atoms with E-state index in [1.807, 2.05) is 0 Å². The molecule has 25 heavy (non-hydrogen) atoms. The van der Waals surface area contributed by atoms with Gasteiger partial charge in [0.2, 0.25) is 5.91 Å². The molecule has 1 heterocycles. The molecule has 1 aromatic carbocycles. The van der Waals surface area contributed by atoms with Crippen LogP contribution in [0.1, 0.15) is 6.42 Å². The Labute approximate surface area is 140 Å². The molecule has 5 nitrogen and oxygen atoms in total. The number of nitrogens with zero attached hydrogens (tertiary/aromatic N) is 2. The van der Waals surface area contributed by atoms with E-state index in [0.717, 1.165) is 0 Å². The summed E-state index contributed by atoms with van der Waals surface area (Å²) in [6.07, 6.45) is -4.78. The lowest BCUT2D eigenvalue weighted by Crippen LogP contribution is -2.36. The van der Waals surface area contributed by atoms with E-state index in [9.17, 15) is 22.4 Å². The molecule has 9 heteroatoms. The molecule has 0 saturated heterocycles. The zero-order valence-electron chi connectivity index (χ0n) is 13.3. The largest absolute Gasteiger partial charge is 0.392 e. The Morgan fingerprint density at radius 1 is 1.40 bits per heavy atom. The molecule has 134 valence electrons. The Kier molecular flexibility index (Phi) is 4.06. The van der Waals surface area contributed by atoms with Gasteiger partial charge in [0.25, 0.3) is 0 Å². The number of aryl methyl sites for hydroxylation is 1. The Bertz CT molecular complexity index is 799. The number of aromatic nitrogens is 2. The van der Waals surface area contributed by atoms with Crippen LogP contribution in [0.15, 0.2) is 30.3 Å². The molecule has 1 amide bonds. The summed E-state index contributed by atoms with van der Waals surface area (Å²) in [5, 5.41) is 6.50. The van der Waals surface area contributed by atoms with Crippen molar-refractivity contribution in [3.8, 4) is 11.3 Å².